The van der Waals surface area contributed by atoms with E-state index < -0.39 is 18.2 Å². The lowest BCUT2D eigenvalue weighted by Crippen LogP contribution is -2.42. The van der Waals surface area contributed by atoms with E-state index in [1.807, 2.05) is 37.3 Å². The summed E-state index contributed by atoms with van der Waals surface area (Å²) in [5.74, 6) is 0. The van der Waals surface area contributed by atoms with Gasteiger partial charge in [-0.2, -0.15) is 0 Å². The maximum absolute atomic E-state index is 11.2. The maximum Gasteiger partial charge on any atom is 0.238 e. The Labute approximate surface area is 130 Å². The summed E-state index contributed by atoms with van der Waals surface area (Å²) in [6.45, 7) is 1.84. The minimum absolute atomic E-state index is 0.232. The van der Waals surface area contributed by atoms with Crippen LogP contribution >= 0.6 is 0 Å². The molecule has 1 saturated carbocycles. The van der Waals surface area contributed by atoms with Gasteiger partial charge in [-0.25, -0.2) is 0 Å². The Kier molecular flexibility index (Phi) is 5.89. The predicted molar refractivity (Wildman–Crippen MR) is 82.0 cm³/mol. The molecule has 120 valence electrons. The Balaban J connectivity index is 2.18. The Morgan fingerprint density at radius 3 is 2.64 bits per heavy atom. The van der Waals surface area contributed by atoms with Gasteiger partial charge in [0.1, 0.15) is 12.2 Å². The van der Waals surface area contributed by atoms with Crippen LogP contribution in [0.3, 0.4) is 0 Å². The predicted octanol–water partition coefficient (Wildman–Crippen LogP) is 2.47. The van der Waals surface area contributed by atoms with Crippen molar-refractivity contribution in [1.82, 2.24) is 5.32 Å². The molecule has 0 unspecified atom stereocenters. The van der Waals surface area contributed by atoms with Crippen LogP contribution in [0.5, 0.6) is 0 Å². The molecule has 0 spiro atoms. The number of benzene rings is 1. The maximum atomic E-state index is 11.2. The van der Waals surface area contributed by atoms with Crippen molar-refractivity contribution < 1.29 is 14.5 Å². The van der Waals surface area contributed by atoms with Gasteiger partial charge >= 0.3 is 0 Å². The largest absolute Gasteiger partial charge is 0.361 e. The lowest BCUT2D eigenvalue weighted by atomic mass is 9.92. The van der Waals surface area contributed by atoms with Crippen LogP contribution in [-0.4, -0.2) is 29.5 Å². The Morgan fingerprint density at radius 2 is 2.00 bits per heavy atom. The van der Waals surface area contributed by atoms with Gasteiger partial charge in [0.05, 0.1) is 6.04 Å². The van der Waals surface area contributed by atoms with Crippen molar-refractivity contribution in [2.75, 3.05) is 0 Å². The van der Waals surface area contributed by atoms with Gasteiger partial charge in [0.25, 0.3) is 0 Å². The van der Waals surface area contributed by atoms with Crippen LogP contribution < -0.4 is 5.32 Å². The standard InChI is InChI=1S/C16H22N2O4/c1-12(17-11-19)16(13-7-3-2-4-8-13)22-15-10-6-5-9-14(15)18(20)21/h2-4,7-8,11-12,14-16H,5-6,9-10H2,1H3,(H,17,19)/t12-,14+,15+,16-/m0/s1. The zero-order valence-corrected chi connectivity index (χ0v) is 12.7. The summed E-state index contributed by atoms with van der Waals surface area (Å²) in [7, 11) is 0. The topological polar surface area (TPSA) is 81.5 Å². The summed E-state index contributed by atoms with van der Waals surface area (Å²) < 4.78 is 6.10. The van der Waals surface area contributed by atoms with Crippen LogP contribution in [0.1, 0.15) is 44.3 Å². The van der Waals surface area contributed by atoms with Crippen molar-refractivity contribution in [3.05, 3.63) is 46.0 Å². The zero-order chi connectivity index (χ0) is 15.9. The molecule has 1 aliphatic carbocycles. The van der Waals surface area contributed by atoms with E-state index >= 15 is 0 Å². The third-order valence-electron chi connectivity index (χ3n) is 4.17. The number of nitrogens with one attached hydrogen (secondary N) is 1. The number of nitrogens with zero attached hydrogens (tertiary/aromatic N) is 1. The molecule has 0 aliphatic heterocycles. The van der Waals surface area contributed by atoms with Gasteiger partial charge in [-0.05, 0) is 25.3 Å². The van der Waals surface area contributed by atoms with Gasteiger partial charge in [0.15, 0.2) is 0 Å². The molecular weight excluding hydrogens is 284 g/mol. The summed E-state index contributed by atoms with van der Waals surface area (Å²) in [4.78, 5) is 21.7. The molecule has 6 nitrogen and oxygen atoms in total. The smallest absolute Gasteiger partial charge is 0.238 e. The van der Waals surface area contributed by atoms with Crippen LogP contribution in [0.2, 0.25) is 0 Å². The van der Waals surface area contributed by atoms with Crippen LogP contribution in [0.15, 0.2) is 30.3 Å². The minimum atomic E-state index is -0.664. The first-order valence-electron chi connectivity index (χ1n) is 7.67. The molecule has 1 amide bonds. The highest BCUT2D eigenvalue weighted by atomic mass is 16.6. The van der Waals surface area contributed by atoms with E-state index in [4.69, 9.17) is 4.74 Å². The molecule has 2 rings (SSSR count). The van der Waals surface area contributed by atoms with E-state index in [0.717, 1.165) is 18.4 Å². The van der Waals surface area contributed by atoms with Crippen molar-refractivity contribution in [3.63, 3.8) is 0 Å². The molecule has 1 fully saturated rings. The second-order valence-corrected chi connectivity index (χ2v) is 5.72. The number of ether oxygens (including phenoxy) is 1. The average molecular weight is 306 g/mol. The molecule has 0 heterocycles. The summed E-state index contributed by atoms with van der Waals surface area (Å²) >= 11 is 0. The van der Waals surface area contributed by atoms with Crippen molar-refractivity contribution in [2.45, 2.75) is 56.9 Å². The molecule has 1 aromatic carbocycles. The first-order chi connectivity index (χ1) is 10.6. The Bertz CT molecular complexity index is 494. The van der Waals surface area contributed by atoms with Gasteiger partial charge < -0.3 is 10.1 Å². The molecule has 4 atom stereocenters. The van der Waals surface area contributed by atoms with E-state index in [1.165, 1.54) is 0 Å². The highest BCUT2D eigenvalue weighted by Crippen LogP contribution is 2.30. The molecule has 0 saturated heterocycles. The summed E-state index contributed by atoms with van der Waals surface area (Å²) in [6, 6.07) is 8.60. The number of hydrogen-bond acceptors (Lipinski definition) is 4. The third kappa shape index (κ3) is 4.04. The number of amides is 1. The van der Waals surface area contributed by atoms with Crippen molar-refractivity contribution in [3.8, 4) is 0 Å². The Morgan fingerprint density at radius 1 is 1.32 bits per heavy atom. The summed E-state index contributed by atoms with van der Waals surface area (Å²) in [6.07, 6.45) is 2.87. The second-order valence-electron chi connectivity index (χ2n) is 5.72. The molecule has 22 heavy (non-hydrogen) atoms. The minimum Gasteiger partial charge on any atom is -0.361 e. The fraction of sp³-hybridized carbons (Fsp3) is 0.562. The number of carbonyl (C=O) groups is 1. The lowest BCUT2D eigenvalue weighted by Gasteiger charge is -2.32. The average Bonchev–Trinajstić information content (AvgIpc) is 2.53. The molecule has 0 aromatic heterocycles. The first kappa shape index (κ1) is 16.4. The molecular formula is C16H22N2O4. The monoisotopic (exact) mass is 306 g/mol. The third-order valence-corrected chi connectivity index (χ3v) is 4.17. The summed E-state index contributed by atoms with van der Waals surface area (Å²) in [5.41, 5.74) is 0.914. The highest BCUT2D eigenvalue weighted by Gasteiger charge is 2.37. The molecule has 6 heteroatoms. The quantitative estimate of drug-likeness (QED) is 0.476. The fourth-order valence-electron chi connectivity index (χ4n) is 2.99. The van der Waals surface area contributed by atoms with Crippen LogP contribution in [0.25, 0.3) is 0 Å². The number of rotatable bonds is 7. The van der Waals surface area contributed by atoms with Gasteiger partial charge in [-0.15, -0.1) is 0 Å². The van der Waals surface area contributed by atoms with Crippen molar-refractivity contribution in [1.29, 1.82) is 0 Å². The zero-order valence-electron chi connectivity index (χ0n) is 12.7. The van der Waals surface area contributed by atoms with Gasteiger partial charge in [0, 0.05) is 11.3 Å². The Hall–Kier alpha value is -1.95. The van der Waals surface area contributed by atoms with Gasteiger partial charge in [0.2, 0.25) is 12.5 Å². The normalized spacial score (nSPS) is 24.2. The first-order valence-corrected chi connectivity index (χ1v) is 7.67. The van der Waals surface area contributed by atoms with Crippen LogP contribution in [0, 0.1) is 10.1 Å². The van der Waals surface area contributed by atoms with Crippen molar-refractivity contribution in [2.24, 2.45) is 0 Å². The molecule has 1 aliphatic rings. The van der Waals surface area contributed by atoms with Gasteiger partial charge in [-0.1, -0.05) is 36.8 Å². The highest BCUT2D eigenvalue weighted by molar-refractivity contribution is 5.47. The fourth-order valence-corrected chi connectivity index (χ4v) is 2.99. The number of carbonyl (C=O) groups excluding carboxylic acids is 1. The van der Waals surface area contributed by atoms with E-state index in [-0.39, 0.29) is 11.0 Å². The van der Waals surface area contributed by atoms with E-state index in [0.29, 0.717) is 19.3 Å². The molecule has 1 aromatic rings. The van der Waals surface area contributed by atoms with Crippen LogP contribution in [-0.2, 0) is 9.53 Å². The SMILES string of the molecule is C[C@H](NC=O)[C@H](O[C@@H]1CCCC[C@H]1[N+](=O)[O-])c1ccccc1. The second kappa shape index (κ2) is 7.89. The van der Waals surface area contributed by atoms with Crippen LogP contribution in [0.4, 0.5) is 0 Å². The van der Waals surface area contributed by atoms with Crippen molar-refractivity contribution >= 4 is 6.41 Å². The van der Waals surface area contributed by atoms with Gasteiger partial charge in [-0.3, -0.25) is 14.9 Å². The van der Waals surface area contributed by atoms with E-state index in [2.05, 4.69) is 5.32 Å². The van der Waals surface area contributed by atoms with E-state index in [9.17, 15) is 14.9 Å². The number of nitro groups is 1. The molecule has 0 bridgehead atoms. The van der Waals surface area contributed by atoms with E-state index in [1.54, 1.807) is 0 Å². The molecule has 1 N–H and O–H groups in total. The lowest BCUT2D eigenvalue weighted by molar-refractivity contribution is -0.540. The summed E-state index contributed by atoms with van der Waals surface area (Å²) in [5, 5.41) is 13.9. The number of hydrogen-bond donors (Lipinski definition) is 1. The molecule has 0 radical (unpaired) electrons.